The molecule has 100 valence electrons. The minimum Gasteiger partial charge on any atom is -0.398 e. The molecule has 0 unspecified atom stereocenters. The number of thioether (sulfide) groups is 1. The molecule has 3 rings (SSSR count). The Kier molecular flexibility index (Phi) is 3.99. The molecule has 0 saturated carbocycles. The van der Waals surface area contributed by atoms with Crippen molar-refractivity contribution in [2.24, 2.45) is 0 Å². The van der Waals surface area contributed by atoms with Gasteiger partial charge in [0, 0.05) is 20.8 Å². The van der Waals surface area contributed by atoms with Crippen LogP contribution in [0.1, 0.15) is 5.56 Å². The fraction of sp³-hybridized carbons (Fsp3) is 0.0588. The van der Waals surface area contributed by atoms with E-state index in [2.05, 4.69) is 64.5 Å². The molecule has 1 nitrogen and oxygen atoms in total. The Balaban J connectivity index is 1.77. The van der Waals surface area contributed by atoms with Crippen LogP contribution in [0.15, 0.2) is 70.0 Å². The third kappa shape index (κ3) is 3.00. The highest BCUT2D eigenvalue weighted by molar-refractivity contribution is 9.10. The van der Waals surface area contributed by atoms with Crippen LogP contribution in [0.5, 0.6) is 0 Å². The van der Waals surface area contributed by atoms with E-state index in [9.17, 15) is 0 Å². The molecule has 3 heteroatoms. The Bertz CT molecular complexity index is 755. The zero-order valence-electron chi connectivity index (χ0n) is 10.8. The van der Waals surface area contributed by atoms with Crippen molar-refractivity contribution in [3.8, 4) is 0 Å². The standard InChI is InChI=1S/C17H14BrNS/c18-16-8-5-12(9-17(16)19)11-20-15-7-6-13-3-1-2-4-14(13)10-15/h1-10H,11,19H2. The molecule has 0 amide bonds. The third-order valence-corrected chi connectivity index (χ3v) is 4.97. The van der Waals surface area contributed by atoms with Crippen LogP contribution in [0.3, 0.4) is 0 Å². The Morgan fingerprint density at radius 2 is 1.70 bits per heavy atom. The number of anilines is 1. The molecule has 2 N–H and O–H groups in total. The summed E-state index contributed by atoms with van der Waals surface area (Å²) in [5.41, 5.74) is 7.94. The van der Waals surface area contributed by atoms with Crippen molar-refractivity contribution in [3.63, 3.8) is 0 Å². The van der Waals surface area contributed by atoms with Crippen LogP contribution in [0.25, 0.3) is 10.8 Å². The number of hydrogen-bond donors (Lipinski definition) is 1. The molecule has 0 saturated heterocycles. The van der Waals surface area contributed by atoms with Gasteiger partial charge in [-0.1, -0.05) is 36.4 Å². The SMILES string of the molecule is Nc1cc(CSc2ccc3ccccc3c2)ccc1Br. The van der Waals surface area contributed by atoms with E-state index in [1.165, 1.54) is 21.2 Å². The number of nitrogen functional groups attached to an aromatic ring is 1. The summed E-state index contributed by atoms with van der Waals surface area (Å²) in [6.45, 7) is 0. The zero-order chi connectivity index (χ0) is 13.9. The van der Waals surface area contributed by atoms with Crippen LogP contribution >= 0.6 is 27.7 Å². The van der Waals surface area contributed by atoms with E-state index in [0.717, 1.165) is 15.9 Å². The van der Waals surface area contributed by atoms with Gasteiger partial charge < -0.3 is 5.73 Å². The van der Waals surface area contributed by atoms with Crippen LogP contribution in [0.2, 0.25) is 0 Å². The quantitative estimate of drug-likeness (QED) is 0.503. The minimum atomic E-state index is 0.793. The summed E-state index contributed by atoms with van der Waals surface area (Å²) >= 11 is 5.25. The number of nitrogens with two attached hydrogens (primary N) is 1. The minimum absolute atomic E-state index is 0.793. The molecule has 0 radical (unpaired) electrons. The van der Waals surface area contributed by atoms with Gasteiger partial charge in [0.15, 0.2) is 0 Å². The van der Waals surface area contributed by atoms with Gasteiger partial charge in [0.1, 0.15) is 0 Å². The smallest absolute Gasteiger partial charge is 0.0461 e. The average Bonchev–Trinajstić information content (AvgIpc) is 2.48. The van der Waals surface area contributed by atoms with Gasteiger partial charge in [0.05, 0.1) is 0 Å². The van der Waals surface area contributed by atoms with Gasteiger partial charge in [-0.15, -0.1) is 11.8 Å². The largest absolute Gasteiger partial charge is 0.398 e. The molecule has 0 heterocycles. The molecule has 3 aromatic carbocycles. The van der Waals surface area contributed by atoms with Crippen molar-refractivity contribution < 1.29 is 0 Å². The fourth-order valence-electron chi connectivity index (χ4n) is 2.11. The first-order chi connectivity index (χ1) is 9.72. The second kappa shape index (κ2) is 5.90. The van der Waals surface area contributed by atoms with Crippen LogP contribution in [0, 0.1) is 0 Å². The van der Waals surface area contributed by atoms with Crippen molar-refractivity contribution in [3.05, 3.63) is 70.7 Å². The lowest BCUT2D eigenvalue weighted by atomic mass is 10.1. The number of benzene rings is 3. The van der Waals surface area contributed by atoms with Gasteiger partial charge >= 0.3 is 0 Å². The van der Waals surface area contributed by atoms with Crippen molar-refractivity contribution in [1.29, 1.82) is 0 Å². The maximum Gasteiger partial charge on any atom is 0.0461 e. The Morgan fingerprint density at radius 1 is 0.900 bits per heavy atom. The molecule has 3 aromatic rings. The fourth-order valence-corrected chi connectivity index (χ4v) is 3.24. The van der Waals surface area contributed by atoms with Crippen molar-refractivity contribution in [2.45, 2.75) is 10.6 Å². The van der Waals surface area contributed by atoms with Crippen molar-refractivity contribution >= 4 is 44.2 Å². The maximum atomic E-state index is 5.91. The lowest BCUT2D eigenvalue weighted by Gasteiger charge is -2.06. The third-order valence-electron chi connectivity index (χ3n) is 3.19. The summed E-state index contributed by atoms with van der Waals surface area (Å²) in [5.74, 6) is 0.926. The van der Waals surface area contributed by atoms with Gasteiger partial charge in [-0.05, 0) is 56.5 Å². The first-order valence-corrected chi connectivity index (χ1v) is 8.16. The lowest BCUT2D eigenvalue weighted by Crippen LogP contribution is -1.89. The van der Waals surface area contributed by atoms with Crippen LogP contribution in [-0.4, -0.2) is 0 Å². The highest BCUT2D eigenvalue weighted by Gasteiger charge is 2.01. The van der Waals surface area contributed by atoms with Gasteiger partial charge in [-0.2, -0.15) is 0 Å². The number of halogens is 1. The van der Waals surface area contributed by atoms with Crippen LogP contribution in [-0.2, 0) is 5.75 Å². The highest BCUT2D eigenvalue weighted by atomic mass is 79.9. The van der Waals surface area contributed by atoms with Gasteiger partial charge in [0.25, 0.3) is 0 Å². The molecular formula is C17H14BrNS. The number of rotatable bonds is 3. The van der Waals surface area contributed by atoms with Crippen LogP contribution in [0.4, 0.5) is 5.69 Å². The van der Waals surface area contributed by atoms with E-state index in [1.807, 2.05) is 23.9 Å². The highest BCUT2D eigenvalue weighted by Crippen LogP contribution is 2.28. The van der Waals surface area contributed by atoms with E-state index in [1.54, 1.807) is 0 Å². The van der Waals surface area contributed by atoms with E-state index in [4.69, 9.17) is 5.73 Å². The summed E-state index contributed by atoms with van der Waals surface area (Å²) in [7, 11) is 0. The summed E-state index contributed by atoms with van der Waals surface area (Å²) < 4.78 is 0.956. The van der Waals surface area contributed by atoms with E-state index < -0.39 is 0 Å². The molecule has 20 heavy (non-hydrogen) atoms. The van der Waals surface area contributed by atoms with Crippen LogP contribution < -0.4 is 5.73 Å². The molecule has 0 bridgehead atoms. The molecule has 0 aromatic heterocycles. The molecular weight excluding hydrogens is 330 g/mol. The summed E-state index contributed by atoms with van der Waals surface area (Å²) in [5, 5.41) is 2.57. The molecule has 0 aliphatic carbocycles. The summed E-state index contributed by atoms with van der Waals surface area (Å²) in [6, 6.07) is 21.2. The van der Waals surface area contributed by atoms with Crippen molar-refractivity contribution in [2.75, 3.05) is 5.73 Å². The monoisotopic (exact) mass is 343 g/mol. The molecule has 0 aliphatic rings. The van der Waals surface area contributed by atoms with E-state index >= 15 is 0 Å². The Morgan fingerprint density at radius 3 is 2.50 bits per heavy atom. The lowest BCUT2D eigenvalue weighted by molar-refractivity contribution is 1.38. The summed E-state index contributed by atoms with van der Waals surface area (Å²) in [6.07, 6.45) is 0. The molecule has 0 aliphatic heterocycles. The molecule has 0 atom stereocenters. The second-order valence-corrected chi connectivity index (χ2v) is 6.56. The molecule has 0 fully saturated rings. The predicted molar refractivity (Wildman–Crippen MR) is 92.1 cm³/mol. The predicted octanol–water partition coefficient (Wildman–Crippen LogP) is 5.48. The average molecular weight is 344 g/mol. The van der Waals surface area contributed by atoms with Gasteiger partial charge in [0.2, 0.25) is 0 Å². The molecule has 0 spiro atoms. The Labute approximate surface area is 131 Å². The normalized spacial score (nSPS) is 10.8. The second-order valence-electron chi connectivity index (χ2n) is 4.65. The van der Waals surface area contributed by atoms with Crippen molar-refractivity contribution in [1.82, 2.24) is 0 Å². The summed E-state index contributed by atoms with van der Waals surface area (Å²) in [4.78, 5) is 1.28. The zero-order valence-corrected chi connectivity index (χ0v) is 13.2. The van der Waals surface area contributed by atoms with E-state index in [-0.39, 0.29) is 0 Å². The first-order valence-electron chi connectivity index (χ1n) is 6.38. The van der Waals surface area contributed by atoms with Gasteiger partial charge in [-0.25, -0.2) is 0 Å². The van der Waals surface area contributed by atoms with Gasteiger partial charge in [-0.3, -0.25) is 0 Å². The maximum absolute atomic E-state index is 5.91. The van der Waals surface area contributed by atoms with E-state index in [0.29, 0.717) is 0 Å². The topological polar surface area (TPSA) is 26.0 Å². The number of hydrogen-bond acceptors (Lipinski definition) is 2. The first kappa shape index (κ1) is 13.5. The number of fused-ring (bicyclic) bond motifs is 1. The Hall–Kier alpha value is -1.45.